The molecule has 2 nitrogen and oxygen atoms in total. The highest BCUT2D eigenvalue weighted by Crippen LogP contribution is 2.28. The number of phenols is 1. The summed E-state index contributed by atoms with van der Waals surface area (Å²) >= 11 is 0. The highest BCUT2D eigenvalue weighted by Gasteiger charge is 2.10. The highest BCUT2D eigenvalue weighted by molar-refractivity contribution is 5.45. The van der Waals surface area contributed by atoms with Crippen molar-refractivity contribution in [2.45, 2.75) is 19.9 Å². The van der Waals surface area contributed by atoms with Crippen molar-refractivity contribution in [1.82, 2.24) is 0 Å². The molecule has 0 saturated carbocycles. The van der Waals surface area contributed by atoms with E-state index < -0.39 is 0 Å². The summed E-state index contributed by atoms with van der Waals surface area (Å²) in [4.78, 5) is 0. The SMILES string of the molecule is C=C[C@H](N)c1c(C)cc(C)cc1O. The lowest BCUT2D eigenvalue weighted by Crippen LogP contribution is -2.08. The fourth-order valence-electron chi connectivity index (χ4n) is 1.51. The van der Waals surface area contributed by atoms with Crippen molar-refractivity contribution in [1.29, 1.82) is 0 Å². The molecule has 0 aliphatic carbocycles. The lowest BCUT2D eigenvalue weighted by molar-refractivity contribution is 0.464. The van der Waals surface area contributed by atoms with Crippen molar-refractivity contribution in [2.24, 2.45) is 5.73 Å². The Hall–Kier alpha value is -1.28. The number of aryl methyl sites for hydroxylation is 2. The Bertz CT molecular complexity index is 308. The molecule has 0 saturated heterocycles. The molecule has 2 heteroatoms. The van der Waals surface area contributed by atoms with Crippen molar-refractivity contribution in [3.05, 3.63) is 41.5 Å². The summed E-state index contributed by atoms with van der Waals surface area (Å²) in [7, 11) is 0. The van der Waals surface area contributed by atoms with Gasteiger partial charge in [-0.2, -0.15) is 0 Å². The Labute approximate surface area is 78.7 Å². The topological polar surface area (TPSA) is 46.2 Å². The summed E-state index contributed by atoms with van der Waals surface area (Å²) in [6.45, 7) is 7.48. The molecule has 0 aromatic heterocycles. The zero-order valence-corrected chi connectivity index (χ0v) is 8.04. The van der Waals surface area contributed by atoms with Crippen LogP contribution in [-0.4, -0.2) is 5.11 Å². The Morgan fingerprint density at radius 2 is 2.08 bits per heavy atom. The van der Waals surface area contributed by atoms with Crippen LogP contribution in [0.1, 0.15) is 22.7 Å². The van der Waals surface area contributed by atoms with Gasteiger partial charge in [0.25, 0.3) is 0 Å². The molecule has 0 aliphatic rings. The second-order valence-electron chi connectivity index (χ2n) is 3.28. The van der Waals surface area contributed by atoms with Gasteiger partial charge in [-0.25, -0.2) is 0 Å². The van der Waals surface area contributed by atoms with E-state index in [4.69, 9.17) is 5.73 Å². The van der Waals surface area contributed by atoms with E-state index in [1.807, 2.05) is 19.9 Å². The Kier molecular flexibility index (Phi) is 2.73. The van der Waals surface area contributed by atoms with Gasteiger partial charge in [-0.1, -0.05) is 12.1 Å². The molecule has 0 bridgehead atoms. The molecule has 1 rings (SSSR count). The van der Waals surface area contributed by atoms with E-state index >= 15 is 0 Å². The summed E-state index contributed by atoms with van der Waals surface area (Å²) in [5.74, 6) is 0.255. The monoisotopic (exact) mass is 177 g/mol. The average molecular weight is 177 g/mol. The third-order valence-corrected chi connectivity index (χ3v) is 2.10. The Morgan fingerprint density at radius 1 is 1.46 bits per heavy atom. The number of phenolic OH excluding ortho intramolecular Hbond substituents is 1. The summed E-state index contributed by atoms with van der Waals surface area (Å²) < 4.78 is 0. The van der Waals surface area contributed by atoms with Gasteiger partial charge in [0.15, 0.2) is 0 Å². The van der Waals surface area contributed by atoms with Gasteiger partial charge < -0.3 is 10.8 Å². The maximum Gasteiger partial charge on any atom is 0.121 e. The second kappa shape index (κ2) is 3.62. The maximum absolute atomic E-state index is 9.65. The third kappa shape index (κ3) is 1.90. The predicted octanol–water partition coefficient (Wildman–Crippen LogP) is 2.19. The van der Waals surface area contributed by atoms with Gasteiger partial charge in [0, 0.05) is 5.56 Å². The van der Waals surface area contributed by atoms with Gasteiger partial charge in [-0.15, -0.1) is 6.58 Å². The molecule has 1 atom stereocenters. The minimum atomic E-state index is -0.291. The van der Waals surface area contributed by atoms with Gasteiger partial charge in [0.05, 0.1) is 6.04 Å². The molecule has 0 unspecified atom stereocenters. The molecule has 0 radical (unpaired) electrons. The molecule has 0 amide bonds. The first-order chi connectivity index (χ1) is 6.06. The minimum Gasteiger partial charge on any atom is -0.508 e. The van der Waals surface area contributed by atoms with E-state index in [2.05, 4.69) is 6.58 Å². The summed E-state index contributed by atoms with van der Waals surface area (Å²) in [5, 5.41) is 9.65. The van der Waals surface area contributed by atoms with Crippen LogP contribution < -0.4 is 5.73 Å². The predicted molar refractivity (Wildman–Crippen MR) is 54.7 cm³/mol. The first-order valence-corrected chi connectivity index (χ1v) is 4.24. The first kappa shape index (κ1) is 9.81. The van der Waals surface area contributed by atoms with Gasteiger partial charge in [0.2, 0.25) is 0 Å². The Balaban J connectivity index is 3.28. The van der Waals surface area contributed by atoms with E-state index in [0.717, 1.165) is 16.7 Å². The number of rotatable bonds is 2. The van der Waals surface area contributed by atoms with Crippen LogP contribution in [-0.2, 0) is 0 Å². The van der Waals surface area contributed by atoms with E-state index in [9.17, 15) is 5.11 Å². The average Bonchev–Trinajstić information content (AvgIpc) is 2.02. The van der Waals surface area contributed by atoms with Crippen LogP contribution in [0.3, 0.4) is 0 Å². The zero-order valence-electron chi connectivity index (χ0n) is 8.04. The van der Waals surface area contributed by atoms with E-state index in [0.29, 0.717) is 0 Å². The van der Waals surface area contributed by atoms with Crippen LogP contribution in [0.15, 0.2) is 24.8 Å². The van der Waals surface area contributed by atoms with Crippen molar-refractivity contribution in [3.63, 3.8) is 0 Å². The lowest BCUT2D eigenvalue weighted by Gasteiger charge is -2.13. The number of hydrogen-bond donors (Lipinski definition) is 2. The third-order valence-electron chi connectivity index (χ3n) is 2.10. The van der Waals surface area contributed by atoms with Crippen molar-refractivity contribution in [3.8, 4) is 5.75 Å². The molecular formula is C11H15NO. The standard InChI is InChI=1S/C11H15NO/c1-4-9(12)11-8(3)5-7(2)6-10(11)13/h4-6,9,13H,1,12H2,2-3H3/t9-/m0/s1. The van der Waals surface area contributed by atoms with Crippen LogP contribution in [0.2, 0.25) is 0 Å². The molecule has 13 heavy (non-hydrogen) atoms. The molecule has 0 fully saturated rings. The van der Waals surface area contributed by atoms with Crippen LogP contribution in [0.5, 0.6) is 5.75 Å². The summed E-state index contributed by atoms with van der Waals surface area (Å²) in [6, 6.07) is 3.42. The normalized spacial score (nSPS) is 12.5. The smallest absolute Gasteiger partial charge is 0.121 e. The van der Waals surface area contributed by atoms with Crippen LogP contribution >= 0.6 is 0 Å². The lowest BCUT2D eigenvalue weighted by atomic mass is 9.98. The largest absolute Gasteiger partial charge is 0.508 e. The first-order valence-electron chi connectivity index (χ1n) is 4.24. The van der Waals surface area contributed by atoms with E-state index in [-0.39, 0.29) is 11.8 Å². The van der Waals surface area contributed by atoms with Crippen LogP contribution in [0.4, 0.5) is 0 Å². The minimum absolute atomic E-state index is 0.255. The van der Waals surface area contributed by atoms with Gasteiger partial charge in [-0.3, -0.25) is 0 Å². The van der Waals surface area contributed by atoms with E-state index in [1.165, 1.54) is 0 Å². The molecule has 3 N–H and O–H groups in total. The molecule has 1 aromatic carbocycles. The van der Waals surface area contributed by atoms with Crippen LogP contribution in [0.25, 0.3) is 0 Å². The summed E-state index contributed by atoms with van der Waals surface area (Å²) in [6.07, 6.45) is 1.62. The molecule has 0 aliphatic heterocycles. The maximum atomic E-state index is 9.65. The van der Waals surface area contributed by atoms with Crippen molar-refractivity contribution in [2.75, 3.05) is 0 Å². The molecule has 0 spiro atoms. The number of nitrogens with two attached hydrogens (primary N) is 1. The van der Waals surface area contributed by atoms with Crippen molar-refractivity contribution >= 4 is 0 Å². The van der Waals surface area contributed by atoms with Gasteiger partial charge >= 0.3 is 0 Å². The fraction of sp³-hybridized carbons (Fsp3) is 0.273. The quantitative estimate of drug-likeness (QED) is 0.680. The number of benzene rings is 1. The molecular weight excluding hydrogens is 162 g/mol. The zero-order chi connectivity index (χ0) is 10.0. The van der Waals surface area contributed by atoms with Crippen LogP contribution in [0, 0.1) is 13.8 Å². The van der Waals surface area contributed by atoms with Gasteiger partial charge in [-0.05, 0) is 31.0 Å². The molecule has 1 aromatic rings. The van der Waals surface area contributed by atoms with Crippen molar-refractivity contribution < 1.29 is 5.11 Å². The van der Waals surface area contributed by atoms with E-state index in [1.54, 1.807) is 12.1 Å². The number of hydrogen-bond acceptors (Lipinski definition) is 2. The second-order valence-corrected chi connectivity index (χ2v) is 3.28. The molecule has 70 valence electrons. The summed E-state index contributed by atoms with van der Waals surface area (Å²) in [5.41, 5.74) is 8.57. The Morgan fingerprint density at radius 3 is 2.54 bits per heavy atom. The van der Waals surface area contributed by atoms with Gasteiger partial charge in [0.1, 0.15) is 5.75 Å². The highest BCUT2D eigenvalue weighted by atomic mass is 16.3. The fourth-order valence-corrected chi connectivity index (χ4v) is 1.51. The molecule has 0 heterocycles. The number of aromatic hydroxyl groups is 1.